The number of nitrogens with zero attached hydrogens (tertiary/aromatic N) is 1. The van der Waals surface area contributed by atoms with Gasteiger partial charge in [0.05, 0.1) is 13.2 Å². The van der Waals surface area contributed by atoms with Crippen LogP contribution in [0, 0.1) is 5.92 Å². The Morgan fingerprint density at radius 2 is 1.52 bits per heavy atom. The second kappa shape index (κ2) is 10.9. The lowest BCUT2D eigenvalue weighted by Crippen LogP contribution is -2.30. The van der Waals surface area contributed by atoms with Gasteiger partial charge in [-0.2, -0.15) is 0 Å². The normalized spacial score (nSPS) is 12.1. The fraction of sp³-hybridized carbons (Fsp3) is 0.480. The molecule has 2 aromatic carbocycles. The predicted molar refractivity (Wildman–Crippen MR) is 118 cm³/mol. The summed E-state index contributed by atoms with van der Waals surface area (Å²) in [6.07, 6.45) is 1.08. The molecular formula is C25H35NO3. The Labute approximate surface area is 175 Å². The van der Waals surface area contributed by atoms with E-state index in [9.17, 15) is 4.79 Å². The molecule has 4 heteroatoms. The molecular weight excluding hydrogens is 362 g/mol. The first-order chi connectivity index (χ1) is 13.8. The summed E-state index contributed by atoms with van der Waals surface area (Å²) < 4.78 is 11.0. The van der Waals surface area contributed by atoms with E-state index in [0.717, 1.165) is 30.0 Å². The Kier molecular flexibility index (Phi) is 8.56. The van der Waals surface area contributed by atoms with Crippen molar-refractivity contribution in [2.75, 3.05) is 13.7 Å². The Morgan fingerprint density at radius 3 is 2.00 bits per heavy atom. The molecule has 0 heterocycles. The Morgan fingerprint density at radius 1 is 0.931 bits per heavy atom. The van der Waals surface area contributed by atoms with Crippen molar-refractivity contribution >= 4 is 5.91 Å². The molecule has 0 aliphatic carbocycles. The molecule has 0 bridgehead atoms. The van der Waals surface area contributed by atoms with Crippen molar-refractivity contribution in [3.63, 3.8) is 0 Å². The summed E-state index contributed by atoms with van der Waals surface area (Å²) >= 11 is 0. The summed E-state index contributed by atoms with van der Waals surface area (Å²) in [5.41, 5.74) is 2.40. The minimum Gasteiger partial charge on any atom is -0.497 e. The average Bonchev–Trinajstić information content (AvgIpc) is 2.68. The number of amides is 1. The number of benzene rings is 2. The highest BCUT2D eigenvalue weighted by molar-refractivity contribution is 5.73. The summed E-state index contributed by atoms with van der Waals surface area (Å²) in [4.78, 5) is 14.2. The molecule has 0 fully saturated rings. The second-order valence-corrected chi connectivity index (χ2v) is 8.16. The quantitative estimate of drug-likeness (QED) is 0.519. The third kappa shape index (κ3) is 7.12. The van der Waals surface area contributed by atoms with Crippen molar-refractivity contribution in [2.45, 2.75) is 59.6 Å². The molecule has 0 saturated carbocycles. The molecule has 0 spiro atoms. The molecule has 0 saturated heterocycles. The van der Waals surface area contributed by atoms with Gasteiger partial charge in [0, 0.05) is 20.0 Å². The summed E-state index contributed by atoms with van der Waals surface area (Å²) in [5.74, 6) is 2.71. The standard InChI is InChI=1S/C25H35NO3/c1-18(2)25(22-9-13-23(28-6)14-10-22)15-16-26(20(5)27)17-21-7-11-24(12-8-21)29-19(3)4/h7-14,18-19,25H,15-17H2,1-6H3/t25-/m0/s1. The molecule has 0 radical (unpaired) electrons. The highest BCUT2D eigenvalue weighted by atomic mass is 16.5. The van der Waals surface area contributed by atoms with Gasteiger partial charge in [-0.05, 0) is 67.5 Å². The lowest BCUT2D eigenvalue weighted by Gasteiger charge is -2.27. The van der Waals surface area contributed by atoms with E-state index in [2.05, 4.69) is 26.0 Å². The van der Waals surface area contributed by atoms with E-state index in [1.54, 1.807) is 14.0 Å². The number of hydrogen-bond acceptors (Lipinski definition) is 3. The lowest BCUT2D eigenvalue weighted by molar-refractivity contribution is -0.129. The zero-order chi connectivity index (χ0) is 21.4. The van der Waals surface area contributed by atoms with Crippen LogP contribution >= 0.6 is 0 Å². The van der Waals surface area contributed by atoms with Gasteiger partial charge in [-0.3, -0.25) is 4.79 Å². The SMILES string of the molecule is COc1ccc([C@@H](CCN(Cc2ccc(OC(C)C)cc2)C(C)=O)C(C)C)cc1. The third-order valence-corrected chi connectivity index (χ3v) is 5.17. The number of carbonyl (C=O) groups is 1. The molecule has 0 aromatic heterocycles. The van der Waals surface area contributed by atoms with Crippen LogP contribution in [0.2, 0.25) is 0 Å². The summed E-state index contributed by atoms with van der Waals surface area (Å²) in [5, 5.41) is 0. The van der Waals surface area contributed by atoms with Crippen LogP contribution in [0.1, 0.15) is 58.1 Å². The van der Waals surface area contributed by atoms with Crippen molar-refractivity contribution in [1.29, 1.82) is 0 Å². The highest BCUT2D eigenvalue weighted by Gasteiger charge is 2.19. The van der Waals surface area contributed by atoms with E-state index in [-0.39, 0.29) is 12.0 Å². The van der Waals surface area contributed by atoms with Crippen LogP contribution < -0.4 is 9.47 Å². The highest BCUT2D eigenvalue weighted by Crippen LogP contribution is 2.30. The van der Waals surface area contributed by atoms with Crippen molar-refractivity contribution in [3.05, 3.63) is 59.7 Å². The van der Waals surface area contributed by atoms with Crippen LogP contribution in [0.3, 0.4) is 0 Å². The molecule has 2 rings (SSSR count). The van der Waals surface area contributed by atoms with Crippen molar-refractivity contribution < 1.29 is 14.3 Å². The molecule has 0 aliphatic heterocycles. The number of ether oxygens (including phenoxy) is 2. The van der Waals surface area contributed by atoms with E-state index in [4.69, 9.17) is 9.47 Å². The van der Waals surface area contributed by atoms with Gasteiger partial charge in [0.1, 0.15) is 11.5 Å². The zero-order valence-electron chi connectivity index (χ0n) is 18.6. The van der Waals surface area contributed by atoms with Gasteiger partial charge >= 0.3 is 0 Å². The molecule has 0 aliphatic rings. The first-order valence-electron chi connectivity index (χ1n) is 10.4. The van der Waals surface area contributed by atoms with Crippen molar-refractivity contribution in [3.8, 4) is 11.5 Å². The summed E-state index contributed by atoms with van der Waals surface area (Å²) in [6, 6.07) is 16.3. The lowest BCUT2D eigenvalue weighted by atomic mass is 9.85. The first kappa shape index (κ1) is 22.8. The van der Waals surface area contributed by atoms with Crippen molar-refractivity contribution in [2.24, 2.45) is 5.92 Å². The van der Waals surface area contributed by atoms with Gasteiger partial charge in [-0.15, -0.1) is 0 Å². The minimum atomic E-state index is 0.102. The van der Waals surface area contributed by atoms with E-state index in [1.807, 2.05) is 55.1 Å². The fourth-order valence-electron chi connectivity index (χ4n) is 3.54. The molecule has 158 valence electrons. The van der Waals surface area contributed by atoms with Crippen LogP contribution in [-0.2, 0) is 11.3 Å². The number of methoxy groups -OCH3 is 1. The molecule has 4 nitrogen and oxygen atoms in total. The van der Waals surface area contributed by atoms with Crippen LogP contribution in [0.25, 0.3) is 0 Å². The van der Waals surface area contributed by atoms with Crippen LogP contribution in [0.5, 0.6) is 11.5 Å². The predicted octanol–water partition coefficient (Wildman–Crippen LogP) is 5.66. The molecule has 2 aromatic rings. The van der Waals surface area contributed by atoms with Gasteiger partial charge in [0.25, 0.3) is 0 Å². The van der Waals surface area contributed by atoms with Crippen LogP contribution in [0.4, 0.5) is 0 Å². The van der Waals surface area contributed by atoms with Crippen LogP contribution in [-0.4, -0.2) is 30.6 Å². The van der Waals surface area contributed by atoms with Gasteiger partial charge in [-0.25, -0.2) is 0 Å². The maximum atomic E-state index is 12.2. The minimum absolute atomic E-state index is 0.102. The molecule has 0 unspecified atom stereocenters. The summed E-state index contributed by atoms with van der Waals surface area (Å²) in [6.45, 7) is 11.5. The maximum absolute atomic E-state index is 12.2. The maximum Gasteiger partial charge on any atom is 0.219 e. The average molecular weight is 398 g/mol. The summed E-state index contributed by atoms with van der Waals surface area (Å²) in [7, 11) is 1.68. The zero-order valence-corrected chi connectivity index (χ0v) is 18.6. The largest absolute Gasteiger partial charge is 0.497 e. The Bertz CT molecular complexity index is 751. The molecule has 1 atom stereocenters. The third-order valence-electron chi connectivity index (χ3n) is 5.17. The molecule has 29 heavy (non-hydrogen) atoms. The molecule has 1 amide bonds. The second-order valence-electron chi connectivity index (χ2n) is 8.16. The van der Waals surface area contributed by atoms with Gasteiger partial charge < -0.3 is 14.4 Å². The van der Waals surface area contributed by atoms with E-state index >= 15 is 0 Å². The number of rotatable bonds is 10. The van der Waals surface area contributed by atoms with E-state index in [1.165, 1.54) is 5.56 Å². The Balaban J connectivity index is 2.03. The Hall–Kier alpha value is -2.49. The first-order valence-corrected chi connectivity index (χ1v) is 10.4. The molecule has 0 N–H and O–H groups in total. The topological polar surface area (TPSA) is 38.8 Å². The van der Waals surface area contributed by atoms with Gasteiger partial charge in [-0.1, -0.05) is 38.1 Å². The van der Waals surface area contributed by atoms with Gasteiger partial charge in [0.15, 0.2) is 0 Å². The van der Waals surface area contributed by atoms with E-state index in [0.29, 0.717) is 18.4 Å². The van der Waals surface area contributed by atoms with Crippen LogP contribution in [0.15, 0.2) is 48.5 Å². The number of hydrogen-bond donors (Lipinski definition) is 0. The van der Waals surface area contributed by atoms with E-state index < -0.39 is 0 Å². The number of carbonyl (C=O) groups excluding carboxylic acids is 1. The van der Waals surface area contributed by atoms with Crippen molar-refractivity contribution in [1.82, 2.24) is 4.90 Å². The fourth-order valence-corrected chi connectivity index (χ4v) is 3.54. The smallest absolute Gasteiger partial charge is 0.219 e. The monoisotopic (exact) mass is 397 g/mol. The van der Waals surface area contributed by atoms with Gasteiger partial charge in [0.2, 0.25) is 5.91 Å².